The summed E-state index contributed by atoms with van der Waals surface area (Å²) < 4.78 is 0.662. The number of carbonyl (C=O) groups excluding carboxylic acids is 3. The molecule has 0 aliphatic carbocycles. The smallest absolute Gasteiger partial charge is 0.247 e. The molecule has 4 rings (SSSR count). The van der Waals surface area contributed by atoms with Crippen molar-refractivity contribution in [2.24, 2.45) is 0 Å². The third-order valence-corrected chi connectivity index (χ3v) is 7.93. The van der Waals surface area contributed by atoms with Crippen molar-refractivity contribution in [1.82, 2.24) is 4.90 Å². The SMILES string of the molecule is CC(=O)c1ccc(N2CCN(C(=S)SC3CC(=O)N(c4ccc(C)c(C)c4)C3=O)CC2)cc1. The zero-order valence-electron chi connectivity index (χ0n) is 19.0. The zero-order chi connectivity index (χ0) is 23.7. The summed E-state index contributed by atoms with van der Waals surface area (Å²) in [6.45, 7) is 8.63. The number of amides is 2. The molecule has 0 radical (unpaired) electrons. The van der Waals surface area contributed by atoms with Gasteiger partial charge in [-0.25, -0.2) is 4.90 Å². The molecule has 2 aromatic carbocycles. The van der Waals surface area contributed by atoms with Gasteiger partial charge in [0, 0.05) is 43.9 Å². The number of anilines is 2. The van der Waals surface area contributed by atoms with Crippen LogP contribution in [0.3, 0.4) is 0 Å². The molecule has 0 aromatic heterocycles. The first kappa shape index (κ1) is 23.4. The number of hydrogen-bond acceptors (Lipinski definition) is 6. The van der Waals surface area contributed by atoms with Gasteiger partial charge in [0.25, 0.3) is 0 Å². The lowest BCUT2D eigenvalue weighted by Gasteiger charge is -2.37. The standard InChI is InChI=1S/C25H27N3O3S2/c1-16-4-7-21(14-17(16)2)28-23(30)15-22(24(28)31)33-25(32)27-12-10-26(11-13-27)20-8-5-19(6-9-20)18(3)29/h4-9,14,22H,10-13,15H2,1-3H3. The number of thiocarbonyl (C=S) groups is 1. The van der Waals surface area contributed by atoms with Crippen LogP contribution in [0.1, 0.15) is 34.8 Å². The molecule has 1 unspecified atom stereocenters. The van der Waals surface area contributed by atoms with Crippen LogP contribution in [0.2, 0.25) is 0 Å². The van der Waals surface area contributed by atoms with Crippen LogP contribution in [0.5, 0.6) is 0 Å². The van der Waals surface area contributed by atoms with Crippen molar-refractivity contribution in [3.63, 3.8) is 0 Å². The fraction of sp³-hybridized carbons (Fsp3) is 0.360. The molecule has 2 aromatic rings. The number of benzene rings is 2. The zero-order valence-corrected chi connectivity index (χ0v) is 20.7. The number of aryl methyl sites for hydroxylation is 2. The van der Waals surface area contributed by atoms with E-state index in [2.05, 4.69) is 9.80 Å². The van der Waals surface area contributed by atoms with Crippen molar-refractivity contribution in [2.75, 3.05) is 36.0 Å². The van der Waals surface area contributed by atoms with Crippen LogP contribution in [0.4, 0.5) is 11.4 Å². The Bertz CT molecular complexity index is 1110. The summed E-state index contributed by atoms with van der Waals surface area (Å²) in [5.74, 6) is -0.313. The van der Waals surface area contributed by atoms with E-state index in [0.717, 1.165) is 43.0 Å². The molecule has 2 heterocycles. The summed E-state index contributed by atoms with van der Waals surface area (Å²) >= 11 is 6.97. The molecule has 8 heteroatoms. The van der Waals surface area contributed by atoms with E-state index in [4.69, 9.17) is 12.2 Å². The number of rotatable bonds is 4. The summed E-state index contributed by atoms with van der Waals surface area (Å²) in [7, 11) is 0. The quantitative estimate of drug-likeness (QED) is 0.372. The molecule has 0 bridgehead atoms. The molecule has 33 heavy (non-hydrogen) atoms. The Morgan fingerprint density at radius 3 is 2.18 bits per heavy atom. The molecule has 1 atom stereocenters. The van der Waals surface area contributed by atoms with Crippen molar-refractivity contribution in [3.05, 3.63) is 59.2 Å². The molecule has 6 nitrogen and oxygen atoms in total. The van der Waals surface area contributed by atoms with Gasteiger partial charge in [-0.3, -0.25) is 14.4 Å². The highest BCUT2D eigenvalue weighted by Gasteiger charge is 2.41. The molecular formula is C25H27N3O3S2. The number of imide groups is 1. The average molecular weight is 482 g/mol. The summed E-state index contributed by atoms with van der Waals surface area (Å²) in [5, 5.41) is -0.483. The van der Waals surface area contributed by atoms with Crippen LogP contribution in [0, 0.1) is 13.8 Å². The minimum atomic E-state index is -0.483. The van der Waals surface area contributed by atoms with Crippen molar-refractivity contribution < 1.29 is 14.4 Å². The van der Waals surface area contributed by atoms with Crippen molar-refractivity contribution in [2.45, 2.75) is 32.4 Å². The Morgan fingerprint density at radius 2 is 1.58 bits per heavy atom. The van der Waals surface area contributed by atoms with Crippen molar-refractivity contribution in [1.29, 1.82) is 0 Å². The van der Waals surface area contributed by atoms with Crippen molar-refractivity contribution in [3.8, 4) is 0 Å². The van der Waals surface area contributed by atoms with Crippen LogP contribution >= 0.6 is 24.0 Å². The number of hydrogen-bond donors (Lipinski definition) is 0. The van der Waals surface area contributed by atoms with Gasteiger partial charge in [-0.1, -0.05) is 30.0 Å². The Hall–Kier alpha value is -2.71. The van der Waals surface area contributed by atoms with Crippen LogP contribution in [-0.2, 0) is 9.59 Å². The predicted octanol–water partition coefficient (Wildman–Crippen LogP) is 3.98. The highest BCUT2D eigenvalue weighted by atomic mass is 32.2. The average Bonchev–Trinajstić information content (AvgIpc) is 3.08. The Labute approximate surface area is 203 Å². The monoisotopic (exact) mass is 481 g/mol. The third-order valence-electron chi connectivity index (χ3n) is 6.27. The van der Waals surface area contributed by atoms with Crippen LogP contribution in [-0.4, -0.2) is 58.2 Å². The number of piperazine rings is 1. The van der Waals surface area contributed by atoms with Crippen LogP contribution < -0.4 is 9.80 Å². The van der Waals surface area contributed by atoms with E-state index in [1.807, 2.05) is 56.3 Å². The Kier molecular flexibility index (Phi) is 6.86. The van der Waals surface area contributed by atoms with Gasteiger partial charge in [-0.05, 0) is 68.3 Å². The molecule has 2 fully saturated rings. The first-order valence-corrected chi connectivity index (χ1v) is 12.3. The fourth-order valence-corrected chi connectivity index (χ4v) is 5.62. The summed E-state index contributed by atoms with van der Waals surface area (Å²) in [6.07, 6.45) is 0.166. The molecule has 2 amide bonds. The van der Waals surface area contributed by atoms with Gasteiger partial charge in [0.1, 0.15) is 9.57 Å². The lowest BCUT2D eigenvalue weighted by atomic mass is 10.1. The molecule has 0 spiro atoms. The molecule has 172 valence electrons. The number of carbonyl (C=O) groups is 3. The van der Waals surface area contributed by atoms with Gasteiger partial charge in [-0.2, -0.15) is 0 Å². The molecule has 2 aliphatic rings. The summed E-state index contributed by atoms with van der Waals surface area (Å²) in [5.41, 5.74) is 4.60. The first-order chi connectivity index (χ1) is 15.7. The predicted molar refractivity (Wildman–Crippen MR) is 137 cm³/mol. The molecule has 0 saturated carbocycles. The minimum absolute atomic E-state index is 0.0600. The maximum Gasteiger partial charge on any atom is 0.247 e. The van der Waals surface area contributed by atoms with Gasteiger partial charge in [0.05, 0.1) is 5.69 Å². The van der Waals surface area contributed by atoms with E-state index in [0.29, 0.717) is 15.6 Å². The van der Waals surface area contributed by atoms with E-state index in [9.17, 15) is 14.4 Å². The van der Waals surface area contributed by atoms with E-state index in [-0.39, 0.29) is 24.0 Å². The lowest BCUT2D eigenvalue weighted by molar-refractivity contribution is -0.121. The lowest BCUT2D eigenvalue weighted by Crippen LogP contribution is -2.48. The topological polar surface area (TPSA) is 60.9 Å². The Morgan fingerprint density at radius 1 is 0.939 bits per heavy atom. The Balaban J connectivity index is 1.34. The highest BCUT2D eigenvalue weighted by Crippen LogP contribution is 2.32. The number of thioether (sulfide) groups is 1. The summed E-state index contributed by atoms with van der Waals surface area (Å²) in [4.78, 5) is 42.8. The van der Waals surface area contributed by atoms with Crippen LogP contribution in [0.15, 0.2) is 42.5 Å². The maximum absolute atomic E-state index is 13.0. The van der Waals surface area contributed by atoms with Gasteiger partial charge < -0.3 is 9.80 Å². The molecular weight excluding hydrogens is 454 g/mol. The van der Waals surface area contributed by atoms with E-state index < -0.39 is 5.25 Å². The van der Waals surface area contributed by atoms with E-state index in [1.54, 1.807) is 6.92 Å². The maximum atomic E-state index is 13.0. The highest BCUT2D eigenvalue weighted by molar-refractivity contribution is 8.23. The minimum Gasteiger partial charge on any atom is -0.368 e. The van der Waals surface area contributed by atoms with Gasteiger partial charge >= 0.3 is 0 Å². The van der Waals surface area contributed by atoms with Crippen LogP contribution in [0.25, 0.3) is 0 Å². The summed E-state index contributed by atoms with van der Waals surface area (Å²) in [6, 6.07) is 13.3. The van der Waals surface area contributed by atoms with E-state index >= 15 is 0 Å². The van der Waals surface area contributed by atoms with Gasteiger partial charge in [0.15, 0.2) is 5.78 Å². The van der Waals surface area contributed by atoms with E-state index in [1.165, 1.54) is 16.7 Å². The molecule has 0 N–H and O–H groups in total. The normalized spacial score (nSPS) is 18.8. The molecule has 2 aliphatic heterocycles. The fourth-order valence-electron chi connectivity index (χ4n) is 4.08. The first-order valence-electron chi connectivity index (χ1n) is 11.0. The van der Waals surface area contributed by atoms with Crippen molar-refractivity contribution >= 4 is 57.3 Å². The number of Topliss-reactive ketones (excluding diaryl/α,β-unsaturated/α-hetero) is 1. The third kappa shape index (κ3) is 4.96. The van der Waals surface area contributed by atoms with Gasteiger partial charge in [0.2, 0.25) is 11.8 Å². The number of ketones is 1. The van der Waals surface area contributed by atoms with Gasteiger partial charge in [-0.15, -0.1) is 0 Å². The number of nitrogens with zero attached hydrogens (tertiary/aromatic N) is 3. The largest absolute Gasteiger partial charge is 0.368 e. The second kappa shape index (κ2) is 9.65. The second-order valence-corrected chi connectivity index (χ2v) is 10.3. The molecule has 2 saturated heterocycles. The second-order valence-electron chi connectivity index (χ2n) is 8.49.